The summed E-state index contributed by atoms with van der Waals surface area (Å²) in [7, 11) is 0. The molecule has 4 aromatic carbocycles. The Morgan fingerprint density at radius 2 is 0.818 bits per heavy atom. The van der Waals surface area contributed by atoms with Crippen molar-refractivity contribution in [2.75, 3.05) is 0 Å². The number of para-hydroxylation sites is 2. The predicted molar refractivity (Wildman–Crippen MR) is 211 cm³/mol. The van der Waals surface area contributed by atoms with Crippen LogP contribution in [0.5, 0.6) is 23.0 Å². The molecule has 0 aliphatic rings. The first kappa shape index (κ1) is 43.8. The number of rotatable bonds is 22. The highest BCUT2D eigenvalue weighted by Gasteiger charge is 2.72. The zero-order valence-electron chi connectivity index (χ0n) is 32.9. The molecule has 2 atom stereocenters. The molecule has 0 spiro atoms. The molecule has 55 heavy (non-hydrogen) atoms. The van der Waals surface area contributed by atoms with Crippen molar-refractivity contribution in [2.45, 2.75) is 135 Å². The Morgan fingerprint density at radius 3 is 1.16 bits per heavy atom. The van der Waals surface area contributed by atoms with Crippen LogP contribution < -0.4 is 9.47 Å². The van der Waals surface area contributed by atoms with E-state index in [4.69, 9.17) is 9.47 Å². The van der Waals surface area contributed by atoms with E-state index in [1.165, 1.54) is 75.6 Å². The average Bonchev–Trinajstić information content (AvgIpc) is 3.15. The number of aryl methyl sites for hydroxylation is 2. The summed E-state index contributed by atoms with van der Waals surface area (Å²) >= 11 is 0. The lowest BCUT2D eigenvalue weighted by atomic mass is 9.73. The first-order chi connectivity index (χ1) is 26.3. The first-order valence-corrected chi connectivity index (χ1v) is 20.2. The fourth-order valence-corrected chi connectivity index (χ4v) is 7.33. The van der Waals surface area contributed by atoms with E-state index in [2.05, 4.69) is 27.7 Å². The number of hydrogen-bond donors (Lipinski definition) is 0. The van der Waals surface area contributed by atoms with Gasteiger partial charge in [-0.1, -0.05) is 153 Å². The van der Waals surface area contributed by atoms with Crippen LogP contribution in [-0.2, 0) is 18.3 Å². The van der Waals surface area contributed by atoms with Crippen molar-refractivity contribution < 1.29 is 35.8 Å². The molecule has 8 heteroatoms. The van der Waals surface area contributed by atoms with Crippen LogP contribution in [0.25, 0.3) is 0 Å². The molecule has 0 aliphatic carbocycles. The lowest BCUT2D eigenvalue weighted by molar-refractivity contribution is -0.288. The summed E-state index contributed by atoms with van der Waals surface area (Å²) in [6.07, 6.45) is 3.85. The lowest BCUT2D eigenvalue weighted by Crippen LogP contribution is -2.54. The summed E-state index contributed by atoms with van der Waals surface area (Å²) in [5, 5.41) is 0. The van der Waals surface area contributed by atoms with Crippen molar-refractivity contribution in [1.29, 1.82) is 0 Å². The third kappa shape index (κ3) is 12.0. The van der Waals surface area contributed by atoms with Gasteiger partial charge in [0.15, 0.2) is 0 Å². The Hall–Kier alpha value is -3.94. The van der Waals surface area contributed by atoms with E-state index in [1.54, 1.807) is 24.3 Å². The molecule has 0 N–H and O–H groups in total. The van der Waals surface area contributed by atoms with Crippen LogP contribution in [-0.4, -0.2) is 12.4 Å². The molecule has 0 amide bonds. The largest absolute Gasteiger partial charge is 0.457 e. The van der Waals surface area contributed by atoms with Crippen molar-refractivity contribution in [2.24, 2.45) is 11.8 Å². The van der Waals surface area contributed by atoms with Gasteiger partial charge < -0.3 is 9.47 Å². The van der Waals surface area contributed by atoms with Gasteiger partial charge in [0.1, 0.15) is 23.0 Å². The summed E-state index contributed by atoms with van der Waals surface area (Å²) in [4.78, 5) is 0. The molecule has 0 aliphatic heterocycles. The van der Waals surface area contributed by atoms with Crippen LogP contribution in [0.4, 0.5) is 26.3 Å². The van der Waals surface area contributed by atoms with Gasteiger partial charge in [0.25, 0.3) is 0 Å². The van der Waals surface area contributed by atoms with Gasteiger partial charge in [-0.05, 0) is 96.2 Å². The van der Waals surface area contributed by atoms with Gasteiger partial charge in [0, 0.05) is 0 Å². The minimum absolute atomic E-state index is 0.148. The smallest absolute Gasteiger partial charge is 0.411 e. The van der Waals surface area contributed by atoms with Crippen LogP contribution in [0.15, 0.2) is 97.1 Å². The van der Waals surface area contributed by atoms with Crippen LogP contribution in [0.2, 0.25) is 0 Å². The van der Waals surface area contributed by atoms with E-state index in [9.17, 15) is 26.3 Å². The number of hydrogen-bond acceptors (Lipinski definition) is 2. The molecule has 4 rings (SSSR count). The van der Waals surface area contributed by atoms with Crippen molar-refractivity contribution in [3.8, 4) is 23.0 Å². The van der Waals surface area contributed by atoms with Gasteiger partial charge in [0.05, 0.1) is 0 Å². The number of unbranched alkanes of at least 4 members (excludes halogenated alkanes) is 6. The van der Waals surface area contributed by atoms with E-state index in [1.807, 2.05) is 24.3 Å². The summed E-state index contributed by atoms with van der Waals surface area (Å²) in [6, 6.07) is 22.9. The fourth-order valence-electron chi connectivity index (χ4n) is 7.33. The van der Waals surface area contributed by atoms with E-state index < -0.39 is 28.9 Å². The molecule has 0 heterocycles. The van der Waals surface area contributed by atoms with Crippen molar-refractivity contribution in [3.05, 3.63) is 119 Å². The topological polar surface area (TPSA) is 18.5 Å². The Morgan fingerprint density at radius 1 is 0.455 bits per heavy atom. The quantitative estimate of drug-likeness (QED) is 0.0586. The van der Waals surface area contributed by atoms with Gasteiger partial charge in [-0.2, -0.15) is 26.3 Å². The Kier molecular flexibility index (Phi) is 16.6. The van der Waals surface area contributed by atoms with Gasteiger partial charge in [-0.3, -0.25) is 0 Å². The maximum Gasteiger partial charge on any atom is 0.411 e. The molecular weight excluding hydrogens is 711 g/mol. The Labute approximate surface area is 324 Å². The van der Waals surface area contributed by atoms with Crippen LogP contribution in [0, 0.1) is 11.8 Å². The number of benzene rings is 4. The highest BCUT2D eigenvalue weighted by Crippen LogP contribution is 2.56. The highest BCUT2D eigenvalue weighted by atomic mass is 19.4. The second-order valence-electron chi connectivity index (χ2n) is 15.2. The molecule has 0 saturated carbocycles. The minimum atomic E-state index is -5.71. The van der Waals surface area contributed by atoms with Gasteiger partial charge in [-0.15, -0.1) is 0 Å². The third-order valence-corrected chi connectivity index (χ3v) is 10.7. The monoisotopic (exact) mass is 768 g/mol. The standard InChI is InChI=1S/C47H58F6O2/c1-5-7-9-11-17-35(3)23-25-37-19-13-15-21-43(37)54-41-31-27-39(28-32-41)45(46(48,49)50,47(51,52)53)40-29-33-42(34-30-40)55-44-22-16-14-20-38(44)26-24-36(4)18-12-10-8-6-2/h13-16,19-22,27-36H,5-12,17-18,23-26H2,1-4H3. The van der Waals surface area contributed by atoms with Crippen LogP contribution in [0.1, 0.15) is 127 Å². The summed E-state index contributed by atoms with van der Waals surface area (Å²) in [5.74, 6) is 2.39. The Bertz CT molecular complexity index is 1570. The number of alkyl halides is 6. The molecule has 2 nitrogen and oxygen atoms in total. The summed E-state index contributed by atoms with van der Waals surface area (Å²) in [6.45, 7) is 8.81. The minimum Gasteiger partial charge on any atom is -0.457 e. The summed E-state index contributed by atoms with van der Waals surface area (Å²) in [5.41, 5.74) is -4.32. The third-order valence-electron chi connectivity index (χ3n) is 10.7. The molecule has 0 fully saturated rings. The lowest BCUT2D eigenvalue weighted by Gasteiger charge is -2.38. The maximum absolute atomic E-state index is 15.0. The van der Waals surface area contributed by atoms with Gasteiger partial charge in [-0.25, -0.2) is 0 Å². The van der Waals surface area contributed by atoms with Gasteiger partial charge >= 0.3 is 12.4 Å². The molecule has 300 valence electrons. The second-order valence-corrected chi connectivity index (χ2v) is 15.2. The van der Waals surface area contributed by atoms with Gasteiger partial charge in [0.2, 0.25) is 5.41 Å². The average molecular weight is 769 g/mol. The first-order valence-electron chi connectivity index (χ1n) is 20.2. The second kappa shape index (κ2) is 20.8. The van der Waals surface area contributed by atoms with E-state index >= 15 is 0 Å². The van der Waals surface area contributed by atoms with E-state index in [0.29, 0.717) is 23.3 Å². The zero-order chi connectivity index (χ0) is 39.9. The zero-order valence-corrected chi connectivity index (χ0v) is 32.9. The van der Waals surface area contributed by atoms with E-state index in [0.717, 1.165) is 73.9 Å². The molecule has 4 aromatic rings. The highest BCUT2D eigenvalue weighted by molar-refractivity contribution is 5.49. The van der Waals surface area contributed by atoms with Crippen molar-refractivity contribution in [1.82, 2.24) is 0 Å². The molecule has 0 aromatic heterocycles. The molecular formula is C47H58F6O2. The van der Waals surface area contributed by atoms with Crippen molar-refractivity contribution >= 4 is 0 Å². The van der Waals surface area contributed by atoms with Crippen LogP contribution >= 0.6 is 0 Å². The molecule has 0 radical (unpaired) electrons. The maximum atomic E-state index is 15.0. The SMILES string of the molecule is CCCCCCC(C)CCc1ccccc1Oc1ccc(C(c2ccc(Oc3ccccc3CCC(C)CCCCCC)cc2)(C(F)(F)F)C(F)(F)F)cc1. The number of halogens is 6. The van der Waals surface area contributed by atoms with E-state index in [-0.39, 0.29) is 11.5 Å². The predicted octanol–water partition coefficient (Wildman–Crippen LogP) is 15.8. The Balaban J connectivity index is 1.52. The number of ether oxygens (including phenoxy) is 2. The molecule has 0 saturated heterocycles. The van der Waals surface area contributed by atoms with Crippen molar-refractivity contribution in [3.63, 3.8) is 0 Å². The van der Waals surface area contributed by atoms with Crippen LogP contribution in [0.3, 0.4) is 0 Å². The normalized spacial score (nSPS) is 13.4. The fraction of sp³-hybridized carbons (Fsp3) is 0.489. The molecule has 2 unspecified atom stereocenters. The summed E-state index contributed by atoms with van der Waals surface area (Å²) < 4.78 is 102. The molecule has 0 bridgehead atoms.